The van der Waals surface area contributed by atoms with Crippen LogP contribution in [-0.4, -0.2) is 61.2 Å². The Kier molecular flexibility index (Phi) is 6.25. The van der Waals surface area contributed by atoms with Crippen molar-refractivity contribution in [3.8, 4) is 5.75 Å². The number of halogens is 3. The van der Waals surface area contributed by atoms with Gasteiger partial charge in [-0.15, -0.1) is 0 Å². The maximum Gasteiger partial charge on any atom is 0.417 e. The van der Waals surface area contributed by atoms with Gasteiger partial charge >= 0.3 is 6.18 Å². The van der Waals surface area contributed by atoms with Gasteiger partial charge in [0.1, 0.15) is 17.7 Å². The maximum absolute atomic E-state index is 12.8. The minimum atomic E-state index is -4.38. The number of sulfonamides is 1. The van der Waals surface area contributed by atoms with Crippen molar-refractivity contribution in [3.05, 3.63) is 53.5 Å². The van der Waals surface area contributed by atoms with Gasteiger partial charge in [0, 0.05) is 44.4 Å². The first-order valence-electron chi connectivity index (χ1n) is 11.7. The summed E-state index contributed by atoms with van der Waals surface area (Å²) in [6.45, 7) is 2.24. The highest BCUT2D eigenvalue weighted by Crippen LogP contribution is 2.37. The Morgan fingerprint density at radius 2 is 1.86 bits per heavy atom. The second-order valence-corrected chi connectivity index (χ2v) is 11.3. The number of piperidine rings is 1. The number of alkyl halides is 3. The zero-order chi connectivity index (χ0) is 24.8. The summed E-state index contributed by atoms with van der Waals surface area (Å²) < 4.78 is 69.5. The van der Waals surface area contributed by atoms with Crippen LogP contribution in [0.1, 0.15) is 36.1 Å². The predicted molar refractivity (Wildman–Crippen MR) is 126 cm³/mol. The summed E-state index contributed by atoms with van der Waals surface area (Å²) in [5, 5.41) is 0. The lowest BCUT2D eigenvalue weighted by molar-refractivity contribution is -0.137. The summed E-state index contributed by atoms with van der Waals surface area (Å²) in [4.78, 5) is 10.6. The third-order valence-electron chi connectivity index (χ3n) is 7.08. The molecule has 11 heteroatoms. The Balaban J connectivity index is 1.18. The van der Waals surface area contributed by atoms with Crippen molar-refractivity contribution in [2.75, 3.05) is 37.3 Å². The summed E-state index contributed by atoms with van der Waals surface area (Å²) in [6.07, 6.45) is 4.62. The average molecular weight is 509 g/mol. The second kappa shape index (κ2) is 9.09. The van der Waals surface area contributed by atoms with Gasteiger partial charge in [-0.05, 0) is 49.0 Å². The third-order valence-corrected chi connectivity index (χ3v) is 8.35. The SMILES string of the molecule is CS(=O)(=O)N1CC=C(c2cc3c(cn2)O[C@H](C2CCN(c4ccc(C(F)(F)F)cn4)CC2)C3)CC1. The van der Waals surface area contributed by atoms with Crippen molar-refractivity contribution in [2.45, 2.75) is 38.0 Å². The van der Waals surface area contributed by atoms with E-state index in [1.807, 2.05) is 11.0 Å². The summed E-state index contributed by atoms with van der Waals surface area (Å²) in [6, 6.07) is 4.57. The standard InChI is InChI=1S/C24H27F3N4O3S/c1-35(32,33)31-10-6-16(7-11-31)20-12-18-13-21(34-22(18)15-28-20)17-4-8-30(9-5-17)23-3-2-19(14-29-23)24(25,26)27/h2-3,6,12,14-15,17,21H,4-5,7-11,13H2,1H3/t21-/m0/s1. The Labute approximate surface area is 202 Å². The highest BCUT2D eigenvalue weighted by atomic mass is 32.2. The number of pyridine rings is 2. The van der Waals surface area contributed by atoms with Crippen LogP contribution in [0.3, 0.4) is 0 Å². The van der Waals surface area contributed by atoms with Gasteiger partial charge in [0.25, 0.3) is 0 Å². The summed E-state index contributed by atoms with van der Waals surface area (Å²) in [5.74, 6) is 1.70. The molecule has 0 N–H and O–H groups in total. The molecule has 1 fully saturated rings. The molecule has 0 aliphatic carbocycles. The van der Waals surface area contributed by atoms with Crippen LogP contribution in [-0.2, 0) is 22.6 Å². The topological polar surface area (TPSA) is 75.6 Å². The second-order valence-electron chi connectivity index (χ2n) is 9.37. The number of hydrogen-bond acceptors (Lipinski definition) is 6. The van der Waals surface area contributed by atoms with Crippen molar-refractivity contribution in [1.82, 2.24) is 14.3 Å². The van der Waals surface area contributed by atoms with E-state index in [1.54, 1.807) is 6.20 Å². The molecule has 1 atom stereocenters. The lowest BCUT2D eigenvalue weighted by atomic mass is 9.89. The first kappa shape index (κ1) is 24.1. The highest BCUT2D eigenvalue weighted by molar-refractivity contribution is 7.88. The van der Waals surface area contributed by atoms with E-state index in [0.29, 0.717) is 44.3 Å². The molecule has 0 amide bonds. The Bertz CT molecular complexity index is 1220. The van der Waals surface area contributed by atoms with E-state index < -0.39 is 21.8 Å². The van der Waals surface area contributed by atoms with Crippen molar-refractivity contribution in [2.24, 2.45) is 5.92 Å². The lowest BCUT2D eigenvalue weighted by Crippen LogP contribution is -2.39. The van der Waals surface area contributed by atoms with E-state index in [9.17, 15) is 21.6 Å². The van der Waals surface area contributed by atoms with E-state index in [4.69, 9.17) is 4.74 Å². The molecule has 2 aromatic heterocycles. The van der Waals surface area contributed by atoms with Crippen LogP contribution >= 0.6 is 0 Å². The molecule has 0 aromatic carbocycles. The van der Waals surface area contributed by atoms with E-state index in [-0.39, 0.29) is 6.10 Å². The van der Waals surface area contributed by atoms with Crippen molar-refractivity contribution >= 4 is 21.4 Å². The molecule has 2 aromatic rings. The van der Waals surface area contributed by atoms with Gasteiger partial charge < -0.3 is 9.64 Å². The molecule has 1 saturated heterocycles. The monoisotopic (exact) mass is 508 g/mol. The number of aromatic nitrogens is 2. The summed E-state index contributed by atoms with van der Waals surface area (Å²) >= 11 is 0. The minimum absolute atomic E-state index is 0.0471. The third kappa shape index (κ3) is 5.16. The van der Waals surface area contributed by atoms with Gasteiger partial charge in [-0.25, -0.2) is 13.4 Å². The van der Waals surface area contributed by atoms with E-state index in [0.717, 1.165) is 54.1 Å². The van der Waals surface area contributed by atoms with Crippen LogP contribution in [0.2, 0.25) is 0 Å². The normalized spacial score (nSPS) is 22.0. The molecule has 0 bridgehead atoms. The quantitative estimate of drug-likeness (QED) is 0.626. The largest absolute Gasteiger partial charge is 0.488 e. The molecule has 0 unspecified atom stereocenters. The molecule has 3 aliphatic heterocycles. The van der Waals surface area contributed by atoms with Crippen LogP contribution in [0.25, 0.3) is 5.57 Å². The Morgan fingerprint density at radius 1 is 1.09 bits per heavy atom. The fourth-order valence-electron chi connectivity index (χ4n) is 5.04. The van der Waals surface area contributed by atoms with Crippen LogP contribution < -0.4 is 9.64 Å². The van der Waals surface area contributed by atoms with Crippen molar-refractivity contribution in [1.29, 1.82) is 0 Å². The van der Waals surface area contributed by atoms with Crippen LogP contribution in [0, 0.1) is 5.92 Å². The molecule has 0 saturated carbocycles. The van der Waals surface area contributed by atoms with Gasteiger partial charge in [-0.1, -0.05) is 6.08 Å². The van der Waals surface area contributed by atoms with Crippen LogP contribution in [0.15, 0.2) is 36.7 Å². The fraction of sp³-hybridized carbons (Fsp3) is 0.500. The first-order valence-corrected chi connectivity index (χ1v) is 13.5. The number of hydrogen-bond donors (Lipinski definition) is 0. The zero-order valence-electron chi connectivity index (χ0n) is 19.3. The van der Waals surface area contributed by atoms with E-state index >= 15 is 0 Å². The molecular formula is C24H27F3N4O3S. The van der Waals surface area contributed by atoms with E-state index in [1.165, 1.54) is 16.6 Å². The van der Waals surface area contributed by atoms with E-state index in [2.05, 4.69) is 16.0 Å². The molecule has 35 heavy (non-hydrogen) atoms. The van der Waals surface area contributed by atoms with Gasteiger partial charge in [-0.2, -0.15) is 17.5 Å². The smallest absolute Gasteiger partial charge is 0.417 e. The van der Waals surface area contributed by atoms with Gasteiger partial charge in [-0.3, -0.25) is 4.98 Å². The lowest BCUT2D eigenvalue weighted by Gasteiger charge is -2.35. The molecule has 0 radical (unpaired) electrons. The van der Waals surface area contributed by atoms with Crippen LogP contribution in [0.5, 0.6) is 5.75 Å². The molecule has 7 nitrogen and oxygen atoms in total. The minimum Gasteiger partial charge on any atom is -0.488 e. The fourth-order valence-corrected chi connectivity index (χ4v) is 5.80. The Hall–Kier alpha value is -2.66. The maximum atomic E-state index is 12.8. The molecule has 5 heterocycles. The summed E-state index contributed by atoms with van der Waals surface area (Å²) in [7, 11) is -3.19. The predicted octanol–water partition coefficient (Wildman–Crippen LogP) is 3.76. The molecule has 0 spiro atoms. The number of rotatable bonds is 4. The highest BCUT2D eigenvalue weighted by Gasteiger charge is 2.35. The number of nitrogens with zero attached hydrogens (tertiary/aromatic N) is 4. The first-order chi connectivity index (χ1) is 16.6. The van der Waals surface area contributed by atoms with Crippen LogP contribution in [0.4, 0.5) is 19.0 Å². The molecule has 5 rings (SSSR count). The molecule has 3 aliphatic rings. The molecular weight excluding hydrogens is 481 g/mol. The Morgan fingerprint density at radius 3 is 2.46 bits per heavy atom. The van der Waals surface area contributed by atoms with Gasteiger partial charge in [0.05, 0.1) is 23.7 Å². The van der Waals surface area contributed by atoms with Crippen molar-refractivity contribution < 1.29 is 26.3 Å². The zero-order valence-corrected chi connectivity index (χ0v) is 20.1. The number of ether oxygens (including phenoxy) is 1. The average Bonchev–Trinajstić information content (AvgIpc) is 3.27. The molecule has 188 valence electrons. The number of fused-ring (bicyclic) bond motifs is 1. The van der Waals surface area contributed by atoms with Gasteiger partial charge in [0.15, 0.2) is 0 Å². The van der Waals surface area contributed by atoms with Crippen molar-refractivity contribution in [3.63, 3.8) is 0 Å². The number of anilines is 1. The summed E-state index contributed by atoms with van der Waals surface area (Å²) in [5.41, 5.74) is 2.29. The van der Waals surface area contributed by atoms with Gasteiger partial charge in [0.2, 0.25) is 10.0 Å².